The van der Waals surface area contributed by atoms with E-state index in [9.17, 15) is 18.0 Å². The highest BCUT2D eigenvalue weighted by atomic mass is 19.4. The lowest BCUT2D eigenvalue weighted by Gasteiger charge is -2.45. The highest BCUT2D eigenvalue weighted by Crippen LogP contribution is 2.45. The molecule has 1 atom stereocenters. The molecule has 3 rings (SSSR count). The summed E-state index contributed by atoms with van der Waals surface area (Å²) in [7, 11) is 0. The normalized spacial score (nSPS) is 21.5. The van der Waals surface area contributed by atoms with Crippen molar-refractivity contribution in [3.05, 3.63) is 59.2 Å². The Morgan fingerprint density at radius 3 is 2.33 bits per heavy atom. The van der Waals surface area contributed by atoms with Crippen molar-refractivity contribution in [1.82, 2.24) is 15.8 Å². The van der Waals surface area contributed by atoms with E-state index in [2.05, 4.69) is 61.9 Å². The molecule has 2 aliphatic rings. The number of amides is 1. The van der Waals surface area contributed by atoms with Gasteiger partial charge in [-0.15, -0.1) is 0 Å². The van der Waals surface area contributed by atoms with Crippen LogP contribution in [0.25, 0.3) is 0 Å². The van der Waals surface area contributed by atoms with E-state index in [4.69, 9.17) is 16.6 Å². The maximum Gasteiger partial charge on any atom is 0.416 e. The Balaban J connectivity index is 0.00000361. The predicted octanol–water partition coefficient (Wildman–Crippen LogP) is 7.07. The molecule has 1 saturated carbocycles. The highest BCUT2D eigenvalue weighted by molar-refractivity contribution is 6.46. The number of hydrazine groups is 1. The smallest absolute Gasteiger partial charge is 0.385 e. The number of rotatable bonds is 15. The van der Waals surface area contributed by atoms with Crippen molar-refractivity contribution in [2.24, 2.45) is 33.5 Å². The number of halogens is 3. The van der Waals surface area contributed by atoms with Gasteiger partial charge in [0.2, 0.25) is 0 Å². The fourth-order valence-electron chi connectivity index (χ4n) is 6.41. The summed E-state index contributed by atoms with van der Waals surface area (Å²) in [6.45, 7) is 13.7. The Morgan fingerprint density at radius 2 is 1.78 bits per heavy atom. The summed E-state index contributed by atoms with van der Waals surface area (Å²) >= 11 is 0. The van der Waals surface area contributed by atoms with Gasteiger partial charge >= 0.3 is 6.18 Å². The SMILES string of the molecule is CC.CC/C=C(\C/C=C\C[C@@H](CCC)N1C(=O)C(c2ccc(C(F)(F)F)cc2)=NC12CCC(C(C)C)CC2)CNC/C(N)=N/NN. The van der Waals surface area contributed by atoms with Crippen LogP contribution in [0.4, 0.5) is 13.2 Å². The minimum Gasteiger partial charge on any atom is -0.385 e. The highest BCUT2D eigenvalue weighted by Gasteiger charge is 2.51. The number of nitrogens with one attached hydrogen (secondary N) is 2. The number of aliphatic imine (C=N–C) groups is 1. The van der Waals surface area contributed by atoms with Gasteiger partial charge in [-0.2, -0.15) is 18.3 Å². The van der Waals surface area contributed by atoms with Crippen molar-refractivity contribution in [1.29, 1.82) is 0 Å². The van der Waals surface area contributed by atoms with E-state index in [-0.39, 0.29) is 17.7 Å². The summed E-state index contributed by atoms with van der Waals surface area (Å²) in [6, 6.07) is 4.77. The average Bonchev–Trinajstić information content (AvgIpc) is 3.30. The molecule has 1 aromatic carbocycles. The van der Waals surface area contributed by atoms with Gasteiger partial charge in [0.05, 0.1) is 12.1 Å². The lowest BCUT2D eigenvalue weighted by molar-refractivity contribution is -0.137. The third-order valence-corrected chi connectivity index (χ3v) is 8.75. The van der Waals surface area contributed by atoms with Gasteiger partial charge in [0.1, 0.15) is 17.2 Å². The van der Waals surface area contributed by atoms with Crippen molar-refractivity contribution in [3.63, 3.8) is 0 Å². The van der Waals surface area contributed by atoms with Gasteiger partial charge in [0, 0.05) is 18.2 Å². The van der Waals surface area contributed by atoms with Gasteiger partial charge < -0.3 is 16.0 Å². The first-order valence-corrected chi connectivity index (χ1v) is 16.9. The van der Waals surface area contributed by atoms with Gasteiger partial charge in [0.15, 0.2) is 0 Å². The monoisotopic (exact) mass is 647 g/mol. The topological polar surface area (TPSA) is 121 Å². The first-order valence-electron chi connectivity index (χ1n) is 16.9. The minimum absolute atomic E-state index is 0.0634. The van der Waals surface area contributed by atoms with Crippen LogP contribution in [0.5, 0.6) is 0 Å². The Kier molecular flexibility index (Phi) is 16.0. The Hall–Kier alpha value is -3.18. The number of carbonyl (C=O) groups excluding carboxylic acids is 1. The molecule has 0 radical (unpaired) electrons. The standard InChI is InChI=1S/C33H50F3N7O.C2H6/c1-5-9-24(21-39-22-29(37)41-42-38)11-7-8-12-28(10-6-2)43-31(44)30(26-13-15-27(16-14-26)33(34,35)36)40-32(43)19-17-25(18-20-32)23(3)4;1-2/h7-9,13-16,23,25,28,39,42H,5-6,10-12,17-22,38H2,1-4H3,(H2,37,41);1-2H3/b8-7-,24-9+;/t25?,28-,32?;/m1./s1. The number of hydrazone groups is 1. The van der Waals surface area contributed by atoms with Gasteiger partial charge in [-0.05, 0) is 75.3 Å². The van der Waals surface area contributed by atoms with Gasteiger partial charge in [-0.1, -0.05) is 83.9 Å². The molecule has 1 aliphatic heterocycles. The molecule has 11 heteroatoms. The Labute approximate surface area is 274 Å². The molecule has 1 aliphatic carbocycles. The van der Waals surface area contributed by atoms with E-state index >= 15 is 0 Å². The van der Waals surface area contributed by atoms with Crippen LogP contribution in [0, 0.1) is 11.8 Å². The number of carbonyl (C=O) groups is 1. The summed E-state index contributed by atoms with van der Waals surface area (Å²) in [4.78, 5) is 21.2. The minimum atomic E-state index is -4.44. The molecule has 1 amide bonds. The Bertz CT molecular complexity index is 1200. The fraction of sp³-hybridized carbons (Fsp3) is 0.629. The zero-order valence-electron chi connectivity index (χ0n) is 28.6. The van der Waals surface area contributed by atoms with Crippen molar-refractivity contribution in [2.45, 2.75) is 117 Å². The van der Waals surface area contributed by atoms with E-state index in [1.807, 2.05) is 18.7 Å². The first-order chi connectivity index (χ1) is 22.0. The molecule has 0 bridgehead atoms. The van der Waals surface area contributed by atoms with Crippen molar-refractivity contribution in [3.8, 4) is 0 Å². The molecule has 258 valence electrons. The molecular weight excluding hydrogens is 591 g/mol. The van der Waals surface area contributed by atoms with Crippen molar-refractivity contribution >= 4 is 17.5 Å². The third kappa shape index (κ3) is 10.7. The first kappa shape index (κ1) is 39.0. The number of allylic oxidation sites excluding steroid dienone is 2. The molecule has 0 aromatic heterocycles. The zero-order valence-corrected chi connectivity index (χ0v) is 28.6. The molecule has 46 heavy (non-hydrogen) atoms. The lowest BCUT2D eigenvalue weighted by Crippen LogP contribution is -2.54. The summed E-state index contributed by atoms with van der Waals surface area (Å²) in [5.41, 5.74) is 8.50. The van der Waals surface area contributed by atoms with Crippen LogP contribution >= 0.6 is 0 Å². The van der Waals surface area contributed by atoms with Crippen LogP contribution in [0.3, 0.4) is 0 Å². The molecule has 1 heterocycles. The summed E-state index contributed by atoms with van der Waals surface area (Å²) in [5.74, 6) is 6.48. The lowest BCUT2D eigenvalue weighted by atomic mass is 9.76. The second-order valence-corrected chi connectivity index (χ2v) is 12.2. The molecular formula is C35H56F3N7O. The van der Waals surface area contributed by atoms with Crippen LogP contribution in [-0.2, 0) is 11.0 Å². The number of amidine groups is 1. The van der Waals surface area contributed by atoms with Gasteiger partial charge in [-0.25, -0.2) is 11.4 Å². The van der Waals surface area contributed by atoms with Crippen LogP contribution in [0.1, 0.15) is 110 Å². The van der Waals surface area contributed by atoms with E-state index < -0.39 is 17.4 Å². The molecule has 6 N–H and O–H groups in total. The largest absolute Gasteiger partial charge is 0.416 e. The number of alkyl halides is 3. The fourth-order valence-corrected chi connectivity index (χ4v) is 6.41. The number of hydrogen-bond acceptors (Lipinski definition) is 6. The third-order valence-electron chi connectivity index (χ3n) is 8.75. The van der Waals surface area contributed by atoms with Crippen LogP contribution < -0.4 is 22.4 Å². The predicted molar refractivity (Wildman–Crippen MR) is 183 cm³/mol. The van der Waals surface area contributed by atoms with Crippen LogP contribution in [-0.4, -0.2) is 47.1 Å². The number of hydrogen-bond donors (Lipinski definition) is 4. The van der Waals surface area contributed by atoms with E-state index in [0.717, 1.165) is 63.5 Å². The van der Waals surface area contributed by atoms with E-state index in [1.165, 1.54) is 17.7 Å². The maximum absolute atomic E-state index is 14.1. The quantitative estimate of drug-likeness (QED) is 0.0534. The second kappa shape index (κ2) is 18.8. The van der Waals surface area contributed by atoms with Crippen molar-refractivity contribution in [2.75, 3.05) is 13.1 Å². The molecule has 1 spiro atoms. The second-order valence-electron chi connectivity index (χ2n) is 12.2. The molecule has 0 unspecified atom stereocenters. The van der Waals surface area contributed by atoms with Crippen molar-refractivity contribution < 1.29 is 18.0 Å². The summed E-state index contributed by atoms with van der Waals surface area (Å²) < 4.78 is 39.7. The Morgan fingerprint density at radius 1 is 1.13 bits per heavy atom. The van der Waals surface area contributed by atoms with E-state index in [0.29, 0.717) is 42.7 Å². The molecule has 1 aromatic rings. The number of nitrogens with zero attached hydrogens (tertiary/aromatic N) is 3. The summed E-state index contributed by atoms with van der Waals surface area (Å²) in [6.07, 6.45) is 9.55. The molecule has 8 nitrogen and oxygen atoms in total. The van der Waals surface area contributed by atoms with Crippen LogP contribution in [0.15, 0.2) is 58.2 Å². The molecule has 0 saturated heterocycles. The zero-order chi connectivity index (χ0) is 34.3. The number of benzene rings is 1. The van der Waals surface area contributed by atoms with Gasteiger partial charge in [-0.3, -0.25) is 9.79 Å². The van der Waals surface area contributed by atoms with E-state index in [1.54, 1.807) is 0 Å². The van der Waals surface area contributed by atoms with Crippen LogP contribution in [0.2, 0.25) is 0 Å². The van der Waals surface area contributed by atoms with Gasteiger partial charge in [0.25, 0.3) is 5.91 Å². The maximum atomic E-state index is 14.1. The summed E-state index contributed by atoms with van der Waals surface area (Å²) in [5, 5.41) is 7.02. The average molecular weight is 648 g/mol. The molecule has 1 fully saturated rings. The number of nitrogens with two attached hydrogens (primary N) is 2.